The molecule has 3 rings (SSSR count). The number of carbonyl (C=O) groups excluding carboxylic acids is 1. The first kappa shape index (κ1) is 13.6. The van der Waals surface area contributed by atoms with Crippen molar-refractivity contribution in [2.45, 2.75) is 25.8 Å². The lowest BCUT2D eigenvalue weighted by atomic mass is 10.0. The molecule has 2 aliphatic heterocycles. The third-order valence-electron chi connectivity index (χ3n) is 4.52. The van der Waals surface area contributed by atoms with Crippen LogP contribution in [0.15, 0.2) is 24.3 Å². The van der Waals surface area contributed by atoms with Gasteiger partial charge in [0.2, 0.25) is 5.91 Å². The van der Waals surface area contributed by atoms with Crippen molar-refractivity contribution >= 4 is 11.6 Å². The van der Waals surface area contributed by atoms with Crippen LogP contribution in [0.1, 0.15) is 18.9 Å². The number of fused-ring (bicyclic) bond motifs is 1. The molecule has 108 valence electrons. The summed E-state index contributed by atoms with van der Waals surface area (Å²) < 4.78 is 0. The molecule has 0 aromatic heterocycles. The van der Waals surface area contributed by atoms with Gasteiger partial charge in [-0.25, -0.2) is 0 Å². The van der Waals surface area contributed by atoms with E-state index in [2.05, 4.69) is 24.0 Å². The summed E-state index contributed by atoms with van der Waals surface area (Å²) in [5.41, 5.74) is 8.42. The lowest BCUT2D eigenvalue weighted by molar-refractivity contribution is -0.119. The molecule has 1 saturated heterocycles. The van der Waals surface area contributed by atoms with Crippen molar-refractivity contribution in [1.82, 2.24) is 4.90 Å². The number of anilines is 1. The number of benzene rings is 1. The first-order valence-electron chi connectivity index (χ1n) is 7.51. The summed E-state index contributed by atoms with van der Waals surface area (Å²) in [6.07, 6.45) is 2.13. The number of amides is 1. The van der Waals surface area contributed by atoms with Crippen LogP contribution in [0.25, 0.3) is 0 Å². The van der Waals surface area contributed by atoms with Gasteiger partial charge in [0.15, 0.2) is 0 Å². The van der Waals surface area contributed by atoms with E-state index < -0.39 is 0 Å². The van der Waals surface area contributed by atoms with Crippen LogP contribution >= 0.6 is 0 Å². The quantitative estimate of drug-likeness (QED) is 0.882. The summed E-state index contributed by atoms with van der Waals surface area (Å²) in [5.74, 6) is 0.690. The fourth-order valence-corrected chi connectivity index (χ4v) is 3.29. The van der Waals surface area contributed by atoms with E-state index in [1.807, 2.05) is 17.0 Å². The van der Waals surface area contributed by atoms with Crippen LogP contribution in [0.5, 0.6) is 0 Å². The number of nitrogens with two attached hydrogens (primary N) is 1. The fraction of sp³-hybridized carbons (Fsp3) is 0.562. The van der Waals surface area contributed by atoms with Crippen molar-refractivity contribution in [3.8, 4) is 0 Å². The van der Waals surface area contributed by atoms with E-state index in [9.17, 15) is 4.79 Å². The van der Waals surface area contributed by atoms with Gasteiger partial charge in [0.1, 0.15) is 0 Å². The predicted octanol–water partition coefficient (Wildman–Crippen LogP) is 1.24. The average Bonchev–Trinajstić information content (AvgIpc) is 2.76. The van der Waals surface area contributed by atoms with Gasteiger partial charge in [-0.1, -0.05) is 25.1 Å². The maximum absolute atomic E-state index is 12.6. The molecule has 2 heterocycles. The molecule has 0 radical (unpaired) electrons. The lowest BCUT2D eigenvalue weighted by Gasteiger charge is -2.30. The minimum atomic E-state index is 0.205. The normalized spacial score (nSPS) is 26.6. The monoisotopic (exact) mass is 273 g/mol. The Labute approximate surface area is 120 Å². The Morgan fingerprint density at radius 2 is 2.15 bits per heavy atom. The van der Waals surface area contributed by atoms with Crippen LogP contribution in [0.3, 0.4) is 0 Å². The number of likely N-dealkylation sites (tertiary alicyclic amines) is 1. The van der Waals surface area contributed by atoms with Gasteiger partial charge in [-0.15, -0.1) is 0 Å². The maximum Gasteiger partial charge on any atom is 0.241 e. The second-order valence-electron chi connectivity index (χ2n) is 6.11. The third-order valence-corrected chi connectivity index (χ3v) is 4.52. The second-order valence-corrected chi connectivity index (χ2v) is 6.11. The number of para-hydroxylation sites is 1. The average molecular weight is 273 g/mol. The summed E-state index contributed by atoms with van der Waals surface area (Å²) in [4.78, 5) is 16.7. The van der Waals surface area contributed by atoms with Gasteiger partial charge in [-0.05, 0) is 30.4 Å². The summed E-state index contributed by atoms with van der Waals surface area (Å²) in [5, 5.41) is 0. The molecule has 1 fully saturated rings. The van der Waals surface area contributed by atoms with Crippen LogP contribution in [-0.2, 0) is 11.2 Å². The molecule has 0 bridgehead atoms. The molecule has 0 spiro atoms. The van der Waals surface area contributed by atoms with E-state index in [0.29, 0.717) is 12.5 Å². The SMILES string of the molecule is CC1CN(CC(=O)N2CCCc3ccccc32)CC1N. The van der Waals surface area contributed by atoms with Crippen molar-refractivity contribution in [3.05, 3.63) is 29.8 Å². The Hall–Kier alpha value is -1.39. The van der Waals surface area contributed by atoms with E-state index in [1.165, 1.54) is 5.56 Å². The second kappa shape index (κ2) is 5.54. The maximum atomic E-state index is 12.6. The number of hydrogen-bond acceptors (Lipinski definition) is 3. The Balaban J connectivity index is 1.70. The number of aryl methyl sites for hydroxylation is 1. The summed E-state index contributed by atoms with van der Waals surface area (Å²) in [6.45, 7) is 5.26. The Morgan fingerprint density at radius 1 is 1.35 bits per heavy atom. The molecule has 2 aliphatic rings. The zero-order chi connectivity index (χ0) is 14.1. The summed E-state index contributed by atoms with van der Waals surface area (Å²) >= 11 is 0. The molecule has 0 aliphatic carbocycles. The zero-order valence-electron chi connectivity index (χ0n) is 12.1. The van der Waals surface area contributed by atoms with Crippen LogP contribution < -0.4 is 10.6 Å². The molecule has 4 heteroatoms. The van der Waals surface area contributed by atoms with Gasteiger partial charge in [-0.3, -0.25) is 9.69 Å². The first-order valence-corrected chi connectivity index (χ1v) is 7.51. The molecule has 4 nitrogen and oxygen atoms in total. The van der Waals surface area contributed by atoms with Crippen molar-refractivity contribution in [2.24, 2.45) is 11.7 Å². The summed E-state index contributed by atoms with van der Waals surface area (Å²) in [7, 11) is 0. The molecule has 2 N–H and O–H groups in total. The highest BCUT2D eigenvalue weighted by molar-refractivity contribution is 5.96. The van der Waals surface area contributed by atoms with E-state index in [-0.39, 0.29) is 11.9 Å². The van der Waals surface area contributed by atoms with Gasteiger partial charge >= 0.3 is 0 Å². The van der Waals surface area contributed by atoms with Crippen molar-refractivity contribution in [1.29, 1.82) is 0 Å². The van der Waals surface area contributed by atoms with Gasteiger partial charge in [0, 0.05) is 31.4 Å². The molecule has 2 atom stereocenters. The number of nitrogens with zero attached hydrogens (tertiary/aromatic N) is 2. The standard InChI is InChI=1S/C16H23N3O/c1-12-9-18(10-14(12)17)11-16(20)19-8-4-6-13-5-2-3-7-15(13)19/h2-3,5,7,12,14H,4,6,8-11,17H2,1H3. The van der Waals surface area contributed by atoms with E-state index >= 15 is 0 Å². The van der Waals surface area contributed by atoms with Crippen LogP contribution in [-0.4, -0.2) is 43.0 Å². The van der Waals surface area contributed by atoms with Crippen LogP contribution in [0, 0.1) is 5.92 Å². The number of hydrogen-bond donors (Lipinski definition) is 1. The highest BCUT2D eigenvalue weighted by Gasteiger charge is 2.30. The van der Waals surface area contributed by atoms with E-state index in [4.69, 9.17) is 5.73 Å². The van der Waals surface area contributed by atoms with Gasteiger partial charge < -0.3 is 10.6 Å². The number of carbonyl (C=O) groups is 1. The first-order chi connectivity index (χ1) is 9.65. The highest BCUT2D eigenvalue weighted by atomic mass is 16.2. The summed E-state index contributed by atoms with van der Waals surface area (Å²) in [6, 6.07) is 8.45. The van der Waals surface area contributed by atoms with Crippen molar-refractivity contribution < 1.29 is 4.79 Å². The molecular formula is C16H23N3O. The largest absolute Gasteiger partial charge is 0.326 e. The topological polar surface area (TPSA) is 49.6 Å². The fourth-order valence-electron chi connectivity index (χ4n) is 3.29. The van der Waals surface area contributed by atoms with E-state index in [0.717, 1.165) is 38.2 Å². The highest BCUT2D eigenvalue weighted by Crippen LogP contribution is 2.27. The van der Waals surface area contributed by atoms with Crippen molar-refractivity contribution in [3.63, 3.8) is 0 Å². The van der Waals surface area contributed by atoms with Gasteiger partial charge in [0.05, 0.1) is 6.54 Å². The molecule has 0 saturated carbocycles. The minimum absolute atomic E-state index is 0.205. The Bertz CT molecular complexity index is 492. The predicted molar refractivity (Wildman–Crippen MR) is 80.7 cm³/mol. The van der Waals surface area contributed by atoms with Gasteiger partial charge in [-0.2, -0.15) is 0 Å². The zero-order valence-corrected chi connectivity index (χ0v) is 12.1. The smallest absolute Gasteiger partial charge is 0.241 e. The number of rotatable bonds is 2. The van der Waals surface area contributed by atoms with E-state index in [1.54, 1.807) is 0 Å². The molecule has 20 heavy (non-hydrogen) atoms. The molecule has 1 aromatic rings. The van der Waals surface area contributed by atoms with Crippen molar-refractivity contribution in [2.75, 3.05) is 31.1 Å². The molecule has 1 aromatic carbocycles. The third kappa shape index (κ3) is 2.58. The van der Waals surface area contributed by atoms with Crippen LogP contribution in [0.4, 0.5) is 5.69 Å². The lowest BCUT2D eigenvalue weighted by Crippen LogP contribution is -2.42. The van der Waals surface area contributed by atoms with Crippen LogP contribution in [0.2, 0.25) is 0 Å². The Morgan fingerprint density at radius 3 is 2.90 bits per heavy atom. The Kier molecular flexibility index (Phi) is 3.76. The molecular weight excluding hydrogens is 250 g/mol. The molecule has 1 amide bonds. The molecule has 2 unspecified atom stereocenters. The minimum Gasteiger partial charge on any atom is -0.326 e. The van der Waals surface area contributed by atoms with Gasteiger partial charge in [0.25, 0.3) is 0 Å².